The van der Waals surface area contributed by atoms with Gasteiger partial charge >= 0.3 is 0 Å². The number of benzene rings is 2. The van der Waals surface area contributed by atoms with Crippen molar-refractivity contribution in [1.29, 1.82) is 0 Å². The number of anilines is 1. The Morgan fingerprint density at radius 2 is 1.87 bits per heavy atom. The molecule has 1 heterocycles. The number of carbonyl (C=O) groups excluding carboxylic acids is 3. The summed E-state index contributed by atoms with van der Waals surface area (Å²) >= 11 is 0.800. The van der Waals surface area contributed by atoms with Crippen LogP contribution in [0.4, 0.5) is 10.5 Å². The van der Waals surface area contributed by atoms with Gasteiger partial charge in [-0.1, -0.05) is 6.07 Å². The second-order valence-corrected chi connectivity index (χ2v) is 8.74. The summed E-state index contributed by atoms with van der Waals surface area (Å²) < 4.78 is 33.3. The summed E-state index contributed by atoms with van der Waals surface area (Å²) in [4.78, 5) is 35.2. The number of thioether (sulfide) groups is 1. The topological polar surface area (TPSA) is 154 Å². The van der Waals surface area contributed by atoms with Crippen LogP contribution in [0.5, 0.6) is 11.5 Å². The first-order valence-corrected chi connectivity index (χ1v) is 11.0. The number of primary sulfonamides is 1. The monoisotopic (exact) mass is 463 g/mol. The smallest absolute Gasteiger partial charge is 0.290 e. The van der Waals surface area contributed by atoms with Crippen LogP contribution in [0.1, 0.15) is 5.56 Å². The highest BCUT2D eigenvalue weighted by atomic mass is 32.2. The molecule has 3 amide bonds. The molecule has 0 saturated carbocycles. The van der Waals surface area contributed by atoms with Crippen molar-refractivity contribution in [1.82, 2.24) is 5.32 Å². The van der Waals surface area contributed by atoms with Crippen LogP contribution in [0.2, 0.25) is 0 Å². The van der Waals surface area contributed by atoms with Crippen LogP contribution in [0.25, 0.3) is 6.08 Å². The van der Waals surface area contributed by atoms with Gasteiger partial charge in [0, 0.05) is 5.69 Å². The fraction of sp³-hybridized carbons (Fsp3) is 0.105. The van der Waals surface area contributed by atoms with Crippen molar-refractivity contribution in [3.8, 4) is 11.5 Å². The molecule has 3 rings (SSSR count). The Morgan fingerprint density at radius 3 is 2.45 bits per heavy atom. The number of hydrogen-bond acceptors (Lipinski definition) is 8. The third kappa shape index (κ3) is 5.84. The van der Waals surface area contributed by atoms with E-state index < -0.39 is 27.1 Å². The molecule has 162 valence electrons. The highest BCUT2D eigenvalue weighted by Gasteiger charge is 2.25. The number of amides is 3. The molecule has 0 spiro atoms. The van der Waals surface area contributed by atoms with Crippen LogP contribution in [0.3, 0.4) is 0 Å². The van der Waals surface area contributed by atoms with Gasteiger partial charge in [0.1, 0.15) is 0 Å². The average Bonchev–Trinajstić information content (AvgIpc) is 3.03. The first-order chi connectivity index (χ1) is 14.7. The Hall–Kier alpha value is -3.35. The van der Waals surface area contributed by atoms with E-state index in [4.69, 9.17) is 14.6 Å². The van der Waals surface area contributed by atoms with Gasteiger partial charge < -0.3 is 14.8 Å². The Bertz CT molecular complexity index is 1180. The molecule has 0 aromatic heterocycles. The number of nitrogens with two attached hydrogens (primary N) is 1. The molecule has 0 radical (unpaired) electrons. The summed E-state index contributed by atoms with van der Waals surface area (Å²) in [5.41, 5.74) is 0.979. The fourth-order valence-corrected chi connectivity index (χ4v) is 3.73. The van der Waals surface area contributed by atoms with Gasteiger partial charge in [0.05, 0.1) is 16.9 Å². The van der Waals surface area contributed by atoms with Crippen molar-refractivity contribution in [2.24, 2.45) is 5.14 Å². The molecule has 0 bridgehead atoms. The van der Waals surface area contributed by atoms with E-state index in [-0.39, 0.29) is 16.4 Å². The quantitative estimate of drug-likeness (QED) is 0.524. The maximum atomic E-state index is 12.1. The normalized spacial score (nSPS) is 15.0. The Kier molecular flexibility index (Phi) is 6.63. The molecule has 2 aromatic rings. The average molecular weight is 463 g/mol. The maximum absolute atomic E-state index is 12.1. The second-order valence-electron chi connectivity index (χ2n) is 6.17. The van der Waals surface area contributed by atoms with E-state index in [0.717, 1.165) is 11.8 Å². The molecule has 1 aliphatic heterocycles. The molecular weight excluding hydrogens is 446 g/mol. The van der Waals surface area contributed by atoms with Crippen LogP contribution in [0, 0.1) is 0 Å². The first kappa shape index (κ1) is 22.3. The highest BCUT2D eigenvalue weighted by Crippen LogP contribution is 2.31. The number of nitrogens with one attached hydrogen (secondary N) is 2. The number of sulfonamides is 1. The van der Waals surface area contributed by atoms with Gasteiger partial charge in [-0.3, -0.25) is 19.7 Å². The lowest BCUT2D eigenvalue weighted by Crippen LogP contribution is -2.20. The molecular formula is C19H17N3O7S2. The summed E-state index contributed by atoms with van der Waals surface area (Å²) in [7, 11) is -2.39. The molecule has 0 aliphatic carbocycles. The maximum Gasteiger partial charge on any atom is 0.290 e. The van der Waals surface area contributed by atoms with Gasteiger partial charge in [-0.2, -0.15) is 0 Å². The predicted molar refractivity (Wildman–Crippen MR) is 114 cm³/mol. The minimum Gasteiger partial charge on any atom is -0.493 e. The standard InChI is InChI=1S/C19H17N3O7S2/c1-28-15-8-11(9-16-18(24)22-19(25)30-16)2-7-14(15)29-10-17(23)21-12-3-5-13(6-4-12)31(20,26)27/h2-9H,10H2,1H3,(H,21,23)(H2,20,26,27)(H,22,24,25)/b16-9-. The largest absolute Gasteiger partial charge is 0.493 e. The lowest BCUT2D eigenvalue weighted by molar-refractivity contribution is -0.118. The minimum atomic E-state index is -3.81. The van der Waals surface area contributed by atoms with E-state index in [9.17, 15) is 22.8 Å². The molecule has 10 nitrogen and oxygen atoms in total. The summed E-state index contributed by atoms with van der Waals surface area (Å²) in [6.07, 6.45) is 1.54. The van der Waals surface area contributed by atoms with E-state index in [1.165, 1.54) is 37.5 Å². The zero-order chi connectivity index (χ0) is 22.6. The number of methoxy groups -OCH3 is 1. The van der Waals surface area contributed by atoms with Gasteiger partial charge in [0.25, 0.3) is 17.1 Å². The zero-order valence-electron chi connectivity index (χ0n) is 16.1. The molecule has 4 N–H and O–H groups in total. The van der Waals surface area contributed by atoms with E-state index in [1.54, 1.807) is 18.2 Å². The molecule has 31 heavy (non-hydrogen) atoms. The van der Waals surface area contributed by atoms with Crippen molar-refractivity contribution in [2.45, 2.75) is 4.90 Å². The molecule has 1 saturated heterocycles. The SMILES string of the molecule is COc1cc(/C=C2\SC(=O)NC2=O)ccc1OCC(=O)Nc1ccc(S(N)(=O)=O)cc1. The van der Waals surface area contributed by atoms with Crippen molar-refractivity contribution >= 4 is 50.6 Å². The number of imide groups is 1. The van der Waals surface area contributed by atoms with E-state index in [1.807, 2.05) is 0 Å². The summed E-state index contributed by atoms with van der Waals surface area (Å²) in [5, 5.41) is 9.33. The minimum absolute atomic E-state index is 0.0700. The first-order valence-electron chi connectivity index (χ1n) is 8.64. The molecule has 1 aliphatic rings. The van der Waals surface area contributed by atoms with Gasteiger partial charge in [-0.25, -0.2) is 13.6 Å². The van der Waals surface area contributed by atoms with Crippen molar-refractivity contribution in [3.63, 3.8) is 0 Å². The molecule has 1 fully saturated rings. The molecule has 12 heteroatoms. The number of carbonyl (C=O) groups is 3. The van der Waals surface area contributed by atoms with E-state index in [0.29, 0.717) is 22.7 Å². The molecule has 2 aromatic carbocycles. The third-order valence-corrected chi connectivity index (χ3v) is 5.69. The molecule has 0 unspecified atom stereocenters. The van der Waals surface area contributed by atoms with Crippen LogP contribution in [-0.2, 0) is 19.6 Å². The number of rotatable bonds is 7. The second kappa shape index (κ2) is 9.20. The third-order valence-electron chi connectivity index (χ3n) is 3.95. The van der Waals surface area contributed by atoms with Crippen molar-refractivity contribution in [3.05, 3.63) is 52.9 Å². The van der Waals surface area contributed by atoms with E-state index >= 15 is 0 Å². The summed E-state index contributed by atoms with van der Waals surface area (Å²) in [5.74, 6) is -0.324. The van der Waals surface area contributed by atoms with Gasteiger partial charge in [0.2, 0.25) is 10.0 Å². The van der Waals surface area contributed by atoms with Gasteiger partial charge in [0.15, 0.2) is 18.1 Å². The fourth-order valence-electron chi connectivity index (χ4n) is 2.53. The van der Waals surface area contributed by atoms with Crippen LogP contribution in [0.15, 0.2) is 52.3 Å². The number of ether oxygens (including phenoxy) is 2. The summed E-state index contributed by atoms with van der Waals surface area (Å²) in [6, 6.07) is 10.2. The lowest BCUT2D eigenvalue weighted by Gasteiger charge is -2.12. The van der Waals surface area contributed by atoms with Crippen LogP contribution < -0.4 is 25.2 Å². The Morgan fingerprint density at radius 1 is 1.16 bits per heavy atom. The van der Waals surface area contributed by atoms with Crippen molar-refractivity contribution in [2.75, 3.05) is 19.0 Å². The highest BCUT2D eigenvalue weighted by molar-refractivity contribution is 8.18. The molecule has 0 atom stereocenters. The summed E-state index contributed by atoms with van der Waals surface area (Å²) in [6.45, 7) is -0.333. The van der Waals surface area contributed by atoms with E-state index in [2.05, 4.69) is 10.6 Å². The Labute approximate surface area is 181 Å². The zero-order valence-corrected chi connectivity index (χ0v) is 17.7. The predicted octanol–water partition coefficient (Wildman–Crippen LogP) is 1.68. The van der Waals surface area contributed by atoms with Gasteiger partial charge in [-0.15, -0.1) is 0 Å². The Balaban J connectivity index is 1.63. The lowest BCUT2D eigenvalue weighted by atomic mass is 10.2. The number of hydrogen-bond donors (Lipinski definition) is 3. The van der Waals surface area contributed by atoms with Crippen molar-refractivity contribution < 1.29 is 32.3 Å². The van der Waals surface area contributed by atoms with Crippen LogP contribution >= 0.6 is 11.8 Å². The van der Waals surface area contributed by atoms with Gasteiger partial charge in [-0.05, 0) is 59.8 Å². The van der Waals surface area contributed by atoms with Crippen LogP contribution in [-0.4, -0.2) is 39.2 Å².